The molecule has 80 valence electrons. The number of rotatable bonds is 3. The lowest BCUT2D eigenvalue weighted by Gasteiger charge is -2.03. The number of hydrazone groups is 1. The molecule has 0 fully saturated rings. The van der Waals surface area contributed by atoms with Crippen molar-refractivity contribution in [2.45, 2.75) is 13.8 Å². The summed E-state index contributed by atoms with van der Waals surface area (Å²) in [6.07, 6.45) is 0. The van der Waals surface area contributed by atoms with Crippen molar-refractivity contribution >= 4 is 29.0 Å². The average Bonchev–Trinajstić information content (AvgIpc) is 2.16. The molecule has 5 heteroatoms. The maximum Gasteiger partial charge on any atom is 0.337 e. The lowest BCUT2D eigenvalue weighted by molar-refractivity contribution is 0.0697. The summed E-state index contributed by atoms with van der Waals surface area (Å²) in [5.41, 5.74) is 4.24. The molecule has 0 unspecified atom stereocenters. The van der Waals surface area contributed by atoms with Gasteiger partial charge in [-0.1, -0.05) is 11.6 Å². The highest BCUT2D eigenvalue weighted by Crippen LogP contribution is 2.20. The van der Waals surface area contributed by atoms with Crippen molar-refractivity contribution in [3.63, 3.8) is 0 Å². The third kappa shape index (κ3) is 3.25. The standard InChI is InChI=1S/C10H11ClN2O2/c1-6(2)12-13-7-3-4-9(11)8(5-7)10(14)15/h3-5,13H,1-2H3,(H,14,15). The quantitative estimate of drug-likeness (QED) is 0.615. The Morgan fingerprint density at radius 3 is 2.67 bits per heavy atom. The van der Waals surface area contributed by atoms with Crippen LogP contribution in [0.1, 0.15) is 24.2 Å². The number of benzene rings is 1. The van der Waals surface area contributed by atoms with Crippen LogP contribution in [0.15, 0.2) is 23.3 Å². The maximum absolute atomic E-state index is 10.8. The summed E-state index contributed by atoms with van der Waals surface area (Å²) in [5.74, 6) is -1.05. The Hall–Kier alpha value is -1.55. The van der Waals surface area contributed by atoms with Crippen LogP contribution in [0.3, 0.4) is 0 Å². The zero-order chi connectivity index (χ0) is 11.4. The van der Waals surface area contributed by atoms with Crippen molar-refractivity contribution in [3.8, 4) is 0 Å². The number of carboxylic acids is 1. The van der Waals surface area contributed by atoms with Gasteiger partial charge in [-0.3, -0.25) is 5.43 Å². The second kappa shape index (κ2) is 4.79. The number of hydrogen-bond donors (Lipinski definition) is 2. The number of carbonyl (C=O) groups is 1. The minimum Gasteiger partial charge on any atom is -0.478 e. The number of aromatic carboxylic acids is 1. The second-order valence-electron chi connectivity index (χ2n) is 3.17. The predicted molar refractivity (Wildman–Crippen MR) is 60.8 cm³/mol. The molecule has 4 nitrogen and oxygen atoms in total. The Kier molecular flexibility index (Phi) is 3.68. The maximum atomic E-state index is 10.8. The Bertz CT molecular complexity index is 412. The predicted octanol–water partition coefficient (Wildman–Crippen LogP) is 2.85. The molecule has 15 heavy (non-hydrogen) atoms. The number of nitrogens with zero attached hydrogens (tertiary/aromatic N) is 1. The minimum atomic E-state index is -1.05. The fourth-order valence-electron chi connectivity index (χ4n) is 0.935. The number of nitrogens with one attached hydrogen (secondary N) is 1. The molecule has 0 heterocycles. The van der Waals surface area contributed by atoms with E-state index in [4.69, 9.17) is 16.7 Å². The van der Waals surface area contributed by atoms with Gasteiger partial charge >= 0.3 is 5.97 Å². The van der Waals surface area contributed by atoms with Crippen LogP contribution in [0.25, 0.3) is 0 Å². The van der Waals surface area contributed by atoms with E-state index < -0.39 is 5.97 Å². The van der Waals surface area contributed by atoms with Crippen LogP contribution in [-0.4, -0.2) is 16.8 Å². The minimum absolute atomic E-state index is 0.0608. The molecule has 0 atom stereocenters. The van der Waals surface area contributed by atoms with E-state index in [-0.39, 0.29) is 10.6 Å². The first kappa shape index (κ1) is 11.5. The zero-order valence-electron chi connectivity index (χ0n) is 8.41. The van der Waals surface area contributed by atoms with Crippen molar-refractivity contribution in [3.05, 3.63) is 28.8 Å². The first-order valence-electron chi connectivity index (χ1n) is 4.30. The molecule has 1 rings (SSSR count). The largest absolute Gasteiger partial charge is 0.478 e. The fraction of sp³-hybridized carbons (Fsp3) is 0.200. The number of carboxylic acid groups (broad SMARTS) is 1. The third-order valence-corrected chi connectivity index (χ3v) is 1.93. The van der Waals surface area contributed by atoms with Gasteiger partial charge < -0.3 is 5.11 Å². The Morgan fingerprint density at radius 2 is 2.13 bits per heavy atom. The lowest BCUT2D eigenvalue weighted by atomic mass is 10.2. The molecular weight excluding hydrogens is 216 g/mol. The molecule has 0 aliphatic carbocycles. The van der Waals surface area contributed by atoms with Crippen LogP contribution >= 0.6 is 11.6 Å². The van der Waals surface area contributed by atoms with Gasteiger partial charge in [-0.05, 0) is 32.0 Å². The highest BCUT2D eigenvalue weighted by Gasteiger charge is 2.08. The van der Waals surface area contributed by atoms with Gasteiger partial charge in [0.1, 0.15) is 0 Å². The van der Waals surface area contributed by atoms with E-state index in [9.17, 15) is 4.79 Å². The molecule has 0 aliphatic rings. The summed E-state index contributed by atoms with van der Waals surface area (Å²) in [7, 11) is 0. The molecule has 0 amide bonds. The molecule has 0 radical (unpaired) electrons. The Labute approximate surface area is 92.6 Å². The normalized spacial score (nSPS) is 9.53. The Morgan fingerprint density at radius 1 is 1.47 bits per heavy atom. The van der Waals surface area contributed by atoms with Gasteiger partial charge in [-0.2, -0.15) is 5.10 Å². The van der Waals surface area contributed by atoms with Gasteiger partial charge in [0.25, 0.3) is 0 Å². The molecule has 1 aromatic carbocycles. The summed E-state index contributed by atoms with van der Waals surface area (Å²) in [6, 6.07) is 4.63. The van der Waals surface area contributed by atoms with Crippen LogP contribution in [0.4, 0.5) is 5.69 Å². The summed E-state index contributed by atoms with van der Waals surface area (Å²) < 4.78 is 0. The van der Waals surface area contributed by atoms with Gasteiger partial charge in [0, 0.05) is 5.71 Å². The topological polar surface area (TPSA) is 61.7 Å². The summed E-state index contributed by atoms with van der Waals surface area (Å²) in [6.45, 7) is 3.67. The van der Waals surface area contributed by atoms with E-state index in [2.05, 4.69) is 10.5 Å². The van der Waals surface area contributed by atoms with Crippen molar-refractivity contribution in [2.75, 3.05) is 5.43 Å². The van der Waals surface area contributed by atoms with Crippen LogP contribution in [0, 0.1) is 0 Å². The van der Waals surface area contributed by atoms with Crippen LogP contribution in [0.2, 0.25) is 5.02 Å². The molecule has 0 bridgehead atoms. The van der Waals surface area contributed by atoms with Crippen LogP contribution in [0.5, 0.6) is 0 Å². The van der Waals surface area contributed by atoms with E-state index in [0.29, 0.717) is 5.69 Å². The second-order valence-corrected chi connectivity index (χ2v) is 3.58. The molecule has 0 aliphatic heterocycles. The van der Waals surface area contributed by atoms with Gasteiger partial charge in [0.15, 0.2) is 0 Å². The van der Waals surface area contributed by atoms with Crippen LogP contribution < -0.4 is 5.43 Å². The first-order chi connectivity index (χ1) is 7.00. The zero-order valence-corrected chi connectivity index (χ0v) is 9.17. The SMILES string of the molecule is CC(C)=NNc1ccc(Cl)c(C(=O)O)c1. The van der Waals surface area contributed by atoms with E-state index in [0.717, 1.165) is 5.71 Å². The number of anilines is 1. The van der Waals surface area contributed by atoms with Crippen molar-refractivity contribution < 1.29 is 9.90 Å². The summed E-state index contributed by atoms with van der Waals surface area (Å²) >= 11 is 5.71. The van der Waals surface area contributed by atoms with E-state index in [1.54, 1.807) is 6.07 Å². The van der Waals surface area contributed by atoms with E-state index in [1.165, 1.54) is 12.1 Å². The third-order valence-electron chi connectivity index (χ3n) is 1.61. The van der Waals surface area contributed by atoms with E-state index >= 15 is 0 Å². The molecular formula is C10H11ClN2O2. The van der Waals surface area contributed by atoms with Crippen LogP contribution in [-0.2, 0) is 0 Å². The van der Waals surface area contributed by atoms with Gasteiger partial charge in [0.05, 0.1) is 16.3 Å². The van der Waals surface area contributed by atoms with Gasteiger partial charge in [-0.25, -0.2) is 4.79 Å². The van der Waals surface area contributed by atoms with E-state index in [1.807, 2.05) is 13.8 Å². The molecule has 0 spiro atoms. The van der Waals surface area contributed by atoms with Crippen molar-refractivity contribution in [1.82, 2.24) is 0 Å². The first-order valence-corrected chi connectivity index (χ1v) is 4.68. The molecule has 0 aromatic heterocycles. The lowest BCUT2D eigenvalue weighted by Crippen LogP contribution is -1.99. The monoisotopic (exact) mass is 226 g/mol. The molecule has 0 saturated heterocycles. The number of halogens is 1. The van der Waals surface area contributed by atoms with Gasteiger partial charge in [-0.15, -0.1) is 0 Å². The van der Waals surface area contributed by atoms with Crippen molar-refractivity contribution in [1.29, 1.82) is 0 Å². The smallest absolute Gasteiger partial charge is 0.337 e. The van der Waals surface area contributed by atoms with Gasteiger partial charge in [0.2, 0.25) is 0 Å². The highest BCUT2D eigenvalue weighted by atomic mass is 35.5. The fourth-order valence-corrected chi connectivity index (χ4v) is 1.13. The molecule has 2 N–H and O–H groups in total. The number of hydrogen-bond acceptors (Lipinski definition) is 3. The molecule has 0 saturated carbocycles. The highest BCUT2D eigenvalue weighted by molar-refractivity contribution is 6.33. The molecule has 1 aromatic rings. The summed E-state index contributed by atoms with van der Waals surface area (Å²) in [5, 5.41) is 13.0. The summed E-state index contributed by atoms with van der Waals surface area (Å²) in [4.78, 5) is 10.8. The Balaban J connectivity index is 2.98. The average molecular weight is 227 g/mol. The van der Waals surface area contributed by atoms with Crippen molar-refractivity contribution in [2.24, 2.45) is 5.10 Å².